The van der Waals surface area contributed by atoms with Crippen LogP contribution < -0.4 is 5.32 Å². The molecule has 1 amide bonds. The van der Waals surface area contributed by atoms with Crippen molar-refractivity contribution in [3.63, 3.8) is 0 Å². The molecule has 0 aromatic carbocycles. The van der Waals surface area contributed by atoms with Crippen LogP contribution in [0.25, 0.3) is 0 Å². The molecule has 0 aromatic rings. The molecule has 0 aliphatic carbocycles. The predicted octanol–water partition coefficient (Wildman–Crippen LogP) is 1.47. The molecule has 0 heterocycles. The van der Waals surface area contributed by atoms with Crippen molar-refractivity contribution in [2.75, 3.05) is 13.2 Å². The van der Waals surface area contributed by atoms with E-state index in [2.05, 4.69) is 5.32 Å². The van der Waals surface area contributed by atoms with Crippen LogP contribution in [-0.2, 0) is 4.79 Å². The summed E-state index contributed by atoms with van der Waals surface area (Å²) in [6, 6.07) is 0. The molecule has 3 nitrogen and oxygen atoms in total. The first-order valence-electron chi connectivity index (χ1n) is 4.67. The highest BCUT2D eigenvalue weighted by Crippen LogP contribution is 2.01. The lowest BCUT2D eigenvalue weighted by molar-refractivity contribution is -0.117. The zero-order valence-electron chi connectivity index (χ0n) is 8.96. The standard InChI is InChI=1S/C11H16FNO2/c1-3-4-10(12)6-5-9(2)11(15)13-7-8-14/h3-6,14H,7-8H2,1-2H3,(H,13,15)/b4-3-,9-5+,10-6+. The Morgan fingerprint density at radius 1 is 1.47 bits per heavy atom. The van der Waals surface area contributed by atoms with E-state index in [0.29, 0.717) is 5.57 Å². The van der Waals surface area contributed by atoms with Gasteiger partial charge in [0.1, 0.15) is 5.83 Å². The maximum absolute atomic E-state index is 12.8. The van der Waals surface area contributed by atoms with Gasteiger partial charge in [-0.2, -0.15) is 0 Å². The minimum absolute atomic E-state index is 0.109. The number of hydrogen-bond donors (Lipinski definition) is 2. The van der Waals surface area contributed by atoms with Crippen molar-refractivity contribution in [1.29, 1.82) is 0 Å². The number of aliphatic hydroxyl groups excluding tert-OH is 1. The second kappa shape index (κ2) is 7.94. The van der Waals surface area contributed by atoms with Crippen molar-refractivity contribution in [3.8, 4) is 0 Å². The van der Waals surface area contributed by atoms with E-state index in [0.717, 1.165) is 0 Å². The zero-order chi connectivity index (χ0) is 11.7. The summed E-state index contributed by atoms with van der Waals surface area (Å²) in [6.45, 7) is 3.37. The van der Waals surface area contributed by atoms with Crippen molar-refractivity contribution in [3.05, 3.63) is 35.7 Å². The topological polar surface area (TPSA) is 49.3 Å². The minimum Gasteiger partial charge on any atom is -0.395 e. The van der Waals surface area contributed by atoms with Gasteiger partial charge in [-0.25, -0.2) is 4.39 Å². The fourth-order valence-electron chi connectivity index (χ4n) is 0.804. The molecular weight excluding hydrogens is 197 g/mol. The SMILES string of the molecule is C\C=C/C(F)=C\C=C(/C)C(=O)NCCO. The summed E-state index contributed by atoms with van der Waals surface area (Å²) in [6.07, 6.45) is 5.48. The van der Waals surface area contributed by atoms with E-state index in [-0.39, 0.29) is 19.1 Å². The molecule has 0 saturated carbocycles. The van der Waals surface area contributed by atoms with Gasteiger partial charge in [-0.15, -0.1) is 0 Å². The van der Waals surface area contributed by atoms with E-state index >= 15 is 0 Å². The number of amides is 1. The second-order valence-electron chi connectivity index (χ2n) is 2.88. The number of nitrogens with one attached hydrogen (secondary N) is 1. The van der Waals surface area contributed by atoms with Gasteiger partial charge in [-0.05, 0) is 26.0 Å². The highest BCUT2D eigenvalue weighted by Gasteiger charge is 2.00. The molecule has 4 heteroatoms. The third-order valence-electron chi connectivity index (χ3n) is 1.57. The van der Waals surface area contributed by atoms with Gasteiger partial charge in [0.05, 0.1) is 6.61 Å². The summed E-state index contributed by atoms with van der Waals surface area (Å²) in [4.78, 5) is 11.2. The van der Waals surface area contributed by atoms with Crippen LogP contribution in [0.15, 0.2) is 35.7 Å². The largest absolute Gasteiger partial charge is 0.395 e. The fraction of sp³-hybridized carbons (Fsp3) is 0.364. The van der Waals surface area contributed by atoms with E-state index in [1.165, 1.54) is 18.2 Å². The minimum atomic E-state index is -0.410. The number of allylic oxidation sites excluding steroid dienone is 5. The van der Waals surface area contributed by atoms with Crippen molar-refractivity contribution in [1.82, 2.24) is 5.32 Å². The molecule has 84 valence electrons. The van der Waals surface area contributed by atoms with E-state index < -0.39 is 5.83 Å². The van der Waals surface area contributed by atoms with Crippen LogP contribution in [0.5, 0.6) is 0 Å². The summed E-state index contributed by atoms with van der Waals surface area (Å²) < 4.78 is 12.8. The number of rotatable bonds is 5. The quantitative estimate of drug-likeness (QED) is 0.536. The first kappa shape index (κ1) is 13.6. The number of carbonyl (C=O) groups is 1. The van der Waals surface area contributed by atoms with Gasteiger partial charge in [0, 0.05) is 12.1 Å². The molecular formula is C11H16FNO2. The molecule has 0 radical (unpaired) electrons. The Hall–Kier alpha value is -1.42. The Kier molecular flexibility index (Phi) is 7.18. The van der Waals surface area contributed by atoms with Crippen LogP contribution in [0.2, 0.25) is 0 Å². The van der Waals surface area contributed by atoms with Crippen LogP contribution >= 0.6 is 0 Å². The van der Waals surface area contributed by atoms with Crippen molar-refractivity contribution >= 4 is 5.91 Å². The Morgan fingerprint density at radius 3 is 2.67 bits per heavy atom. The average Bonchev–Trinajstić information content (AvgIpc) is 2.22. The van der Waals surface area contributed by atoms with Crippen molar-refractivity contribution in [2.24, 2.45) is 0 Å². The van der Waals surface area contributed by atoms with Gasteiger partial charge in [0.15, 0.2) is 0 Å². The third kappa shape index (κ3) is 6.62. The first-order chi connectivity index (χ1) is 7.11. The Labute approximate surface area is 89.0 Å². The second-order valence-corrected chi connectivity index (χ2v) is 2.88. The van der Waals surface area contributed by atoms with Gasteiger partial charge in [0.2, 0.25) is 5.91 Å². The number of halogens is 1. The average molecular weight is 213 g/mol. The highest BCUT2D eigenvalue weighted by atomic mass is 19.1. The summed E-state index contributed by atoms with van der Waals surface area (Å²) in [5, 5.41) is 10.9. The van der Waals surface area contributed by atoms with Crippen LogP contribution in [-0.4, -0.2) is 24.2 Å². The fourth-order valence-corrected chi connectivity index (χ4v) is 0.804. The zero-order valence-corrected chi connectivity index (χ0v) is 8.96. The molecule has 0 aliphatic rings. The summed E-state index contributed by atoms with van der Waals surface area (Å²) in [5.74, 6) is -0.722. The molecule has 0 aliphatic heterocycles. The molecule has 15 heavy (non-hydrogen) atoms. The van der Waals surface area contributed by atoms with Gasteiger partial charge in [-0.3, -0.25) is 4.79 Å². The van der Waals surface area contributed by atoms with Crippen molar-refractivity contribution in [2.45, 2.75) is 13.8 Å². The number of hydrogen-bond acceptors (Lipinski definition) is 2. The van der Waals surface area contributed by atoms with E-state index in [1.54, 1.807) is 19.9 Å². The monoisotopic (exact) mass is 213 g/mol. The molecule has 0 aromatic heterocycles. The third-order valence-corrected chi connectivity index (χ3v) is 1.57. The smallest absolute Gasteiger partial charge is 0.246 e. The summed E-state index contributed by atoms with van der Waals surface area (Å²) in [5.41, 5.74) is 0.392. The molecule has 0 saturated heterocycles. The lowest BCUT2D eigenvalue weighted by atomic mass is 10.2. The Morgan fingerprint density at radius 2 is 2.13 bits per heavy atom. The molecule has 0 atom stereocenters. The van der Waals surface area contributed by atoms with Gasteiger partial charge in [-0.1, -0.05) is 12.2 Å². The predicted molar refractivity (Wildman–Crippen MR) is 57.9 cm³/mol. The normalized spacial score (nSPS) is 13.3. The van der Waals surface area contributed by atoms with Crippen LogP contribution in [0, 0.1) is 0 Å². The maximum atomic E-state index is 12.8. The summed E-state index contributed by atoms with van der Waals surface area (Å²) in [7, 11) is 0. The number of carbonyl (C=O) groups excluding carboxylic acids is 1. The van der Waals surface area contributed by atoms with E-state index in [1.807, 2.05) is 0 Å². The maximum Gasteiger partial charge on any atom is 0.246 e. The number of aliphatic hydroxyl groups is 1. The van der Waals surface area contributed by atoms with Gasteiger partial charge < -0.3 is 10.4 Å². The molecule has 0 rings (SSSR count). The molecule has 0 unspecified atom stereocenters. The lowest BCUT2D eigenvalue weighted by Gasteiger charge is -2.01. The van der Waals surface area contributed by atoms with Crippen LogP contribution in [0.4, 0.5) is 4.39 Å². The molecule has 0 fully saturated rings. The molecule has 2 N–H and O–H groups in total. The highest BCUT2D eigenvalue weighted by molar-refractivity contribution is 5.93. The van der Waals surface area contributed by atoms with E-state index in [9.17, 15) is 9.18 Å². The summed E-state index contributed by atoms with van der Waals surface area (Å²) >= 11 is 0. The Balaban J connectivity index is 4.30. The molecule has 0 spiro atoms. The first-order valence-corrected chi connectivity index (χ1v) is 4.67. The van der Waals surface area contributed by atoms with Crippen LogP contribution in [0.3, 0.4) is 0 Å². The Bertz CT molecular complexity index is 293. The van der Waals surface area contributed by atoms with Gasteiger partial charge in [0.25, 0.3) is 0 Å². The lowest BCUT2D eigenvalue weighted by Crippen LogP contribution is -2.26. The van der Waals surface area contributed by atoms with E-state index in [4.69, 9.17) is 5.11 Å². The molecule has 0 bridgehead atoms. The van der Waals surface area contributed by atoms with Crippen LogP contribution in [0.1, 0.15) is 13.8 Å². The van der Waals surface area contributed by atoms with Crippen molar-refractivity contribution < 1.29 is 14.3 Å². The van der Waals surface area contributed by atoms with Gasteiger partial charge >= 0.3 is 0 Å².